The van der Waals surface area contributed by atoms with Gasteiger partial charge < -0.3 is 14.8 Å². The third-order valence-corrected chi connectivity index (χ3v) is 3.25. The third-order valence-electron chi connectivity index (χ3n) is 3.25. The van der Waals surface area contributed by atoms with Gasteiger partial charge in [-0.25, -0.2) is 0 Å². The number of ether oxygens (including phenoxy) is 2. The lowest BCUT2D eigenvalue weighted by Gasteiger charge is -2.12. The van der Waals surface area contributed by atoms with Gasteiger partial charge in [0.2, 0.25) is 17.0 Å². The van der Waals surface area contributed by atoms with Gasteiger partial charge in [0.15, 0.2) is 10.7 Å². The standard InChI is InChI=1S/C18H19N3O3/c1-3-23-16-12-15(21-19)17(24-4-2)11-14(16)20-18(22)10-13-8-6-5-7-9-13/h5-9,11-12H,3-4,10H2,1-2H3/p+1. The molecule has 124 valence electrons. The van der Waals surface area contributed by atoms with Crippen LogP contribution in [0.15, 0.2) is 42.5 Å². The number of hydrogen-bond donors (Lipinski definition) is 1. The van der Waals surface area contributed by atoms with Gasteiger partial charge in [-0.15, -0.1) is 0 Å². The van der Waals surface area contributed by atoms with E-state index >= 15 is 0 Å². The van der Waals surface area contributed by atoms with Crippen LogP contribution in [-0.2, 0) is 11.2 Å². The van der Waals surface area contributed by atoms with E-state index in [1.165, 1.54) is 6.07 Å². The number of diazo groups is 1. The molecule has 6 nitrogen and oxygen atoms in total. The molecule has 0 aliphatic rings. The van der Waals surface area contributed by atoms with Gasteiger partial charge in [-0.3, -0.25) is 4.79 Å². The van der Waals surface area contributed by atoms with Crippen molar-refractivity contribution >= 4 is 17.3 Å². The highest BCUT2D eigenvalue weighted by molar-refractivity contribution is 5.94. The summed E-state index contributed by atoms with van der Waals surface area (Å²) in [5, 5.41) is 11.9. The van der Waals surface area contributed by atoms with Gasteiger partial charge in [0.1, 0.15) is 0 Å². The Morgan fingerprint density at radius 2 is 1.75 bits per heavy atom. The number of amides is 1. The van der Waals surface area contributed by atoms with Gasteiger partial charge in [-0.1, -0.05) is 30.3 Å². The number of nitrogens with zero attached hydrogens (tertiary/aromatic N) is 2. The lowest BCUT2D eigenvalue weighted by molar-refractivity contribution is -0.115. The molecule has 0 aliphatic heterocycles. The van der Waals surface area contributed by atoms with Crippen LogP contribution in [0.2, 0.25) is 0 Å². The maximum atomic E-state index is 12.3. The molecular formula is C18H20N3O3+. The molecule has 0 bridgehead atoms. The maximum Gasteiger partial charge on any atom is 0.430 e. The Hall–Kier alpha value is -3.07. The van der Waals surface area contributed by atoms with Crippen molar-refractivity contribution in [2.45, 2.75) is 20.3 Å². The van der Waals surface area contributed by atoms with Crippen LogP contribution in [0.25, 0.3) is 4.98 Å². The molecule has 24 heavy (non-hydrogen) atoms. The molecular weight excluding hydrogens is 306 g/mol. The molecule has 1 N–H and O–H groups in total. The molecule has 0 saturated heterocycles. The SMILES string of the molecule is CCOc1cc(NC(=O)Cc2ccccc2)c(OCC)cc1[N+]#N. The molecule has 6 heteroatoms. The number of carbonyl (C=O) groups is 1. The van der Waals surface area contributed by atoms with Crippen LogP contribution in [0.4, 0.5) is 11.4 Å². The van der Waals surface area contributed by atoms with Gasteiger partial charge in [0, 0.05) is 6.07 Å². The van der Waals surface area contributed by atoms with Crippen LogP contribution in [-0.4, -0.2) is 19.1 Å². The normalized spacial score (nSPS) is 9.88. The van der Waals surface area contributed by atoms with E-state index in [0.29, 0.717) is 30.4 Å². The van der Waals surface area contributed by atoms with Crippen LogP contribution in [0, 0.1) is 5.39 Å². The zero-order chi connectivity index (χ0) is 17.4. The lowest BCUT2D eigenvalue weighted by atomic mass is 10.1. The second kappa shape index (κ2) is 8.53. The fourth-order valence-corrected chi connectivity index (χ4v) is 2.25. The number of nitrogens with one attached hydrogen (secondary N) is 1. The second-order valence-electron chi connectivity index (χ2n) is 4.99. The second-order valence-corrected chi connectivity index (χ2v) is 4.99. The molecule has 2 rings (SSSR count). The zero-order valence-electron chi connectivity index (χ0n) is 13.8. The first-order valence-electron chi connectivity index (χ1n) is 7.80. The Morgan fingerprint density at radius 1 is 1.08 bits per heavy atom. The first-order valence-corrected chi connectivity index (χ1v) is 7.80. The number of hydrogen-bond acceptors (Lipinski definition) is 4. The average molecular weight is 326 g/mol. The molecule has 0 spiro atoms. The number of benzene rings is 2. The minimum Gasteiger partial charge on any atom is -0.491 e. The predicted molar refractivity (Wildman–Crippen MR) is 92.3 cm³/mol. The van der Waals surface area contributed by atoms with Gasteiger partial charge in [-0.05, 0) is 19.4 Å². The minimum atomic E-state index is -0.168. The van der Waals surface area contributed by atoms with E-state index in [1.54, 1.807) is 6.07 Å². The highest BCUT2D eigenvalue weighted by Gasteiger charge is 2.21. The molecule has 0 aliphatic carbocycles. The van der Waals surface area contributed by atoms with Gasteiger partial charge >= 0.3 is 5.69 Å². The molecule has 0 saturated carbocycles. The summed E-state index contributed by atoms with van der Waals surface area (Å²) in [5.74, 6) is 0.631. The molecule has 0 atom stereocenters. The van der Waals surface area contributed by atoms with Crippen molar-refractivity contribution in [3.05, 3.63) is 53.0 Å². The monoisotopic (exact) mass is 326 g/mol. The molecule has 2 aromatic rings. The van der Waals surface area contributed by atoms with E-state index in [-0.39, 0.29) is 18.0 Å². The average Bonchev–Trinajstić information content (AvgIpc) is 2.58. The molecule has 0 radical (unpaired) electrons. The van der Waals surface area contributed by atoms with Crippen molar-refractivity contribution < 1.29 is 14.3 Å². The fraction of sp³-hybridized carbons (Fsp3) is 0.278. The van der Waals surface area contributed by atoms with Crippen LogP contribution in [0.1, 0.15) is 19.4 Å². The summed E-state index contributed by atoms with van der Waals surface area (Å²) in [6.07, 6.45) is 0.252. The van der Waals surface area contributed by atoms with E-state index in [1.807, 2.05) is 44.2 Å². The number of rotatable bonds is 7. The van der Waals surface area contributed by atoms with Gasteiger partial charge in [0.05, 0.1) is 31.4 Å². The summed E-state index contributed by atoms with van der Waals surface area (Å²) >= 11 is 0. The fourth-order valence-electron chi connectivity index (χ4n) is 2.25. The topological polar surface area (TPSA) is 75.7 Å². The van der Waals surface area contributed by atoms with E-state index in [4.69, 9.17) is 14.9 Å². The molecule has 1 amide bonds. The molecule has 0 heterocycles. The van der Waals surface area contributed by atoms with Crippen molar-refractivity contribution in [3.8, 4) is 11.5 Å². The largest absolute Gasteiger partial charge is 0.491 e. The number of anilines is 1. The Bertz CT molecular complexity index is 739. The summed E-state index contributed by atoms with van der Waals surface area (Å²) < 4.78 is 11.0. The van der Waals surface area contributed by atoms with Gasteiger partial charge in [0.25, 0.3) is 0 Å². The van der Waals surface area contributed by atoms with E-state index in [0.717, 1.165) is 5.56 Å². The van der Waals surface area contributed by atoms with Crippen molar-refractivity contribution in [3.63, 3.8) is 0 Å². The van der Waals surface area contributed by atoms with Crippen LogP contribution in [0.5, 0.6) is 11.5 Å². The van der Waals surface area contributed by atoms with E-state index < -0.39 is 0 Å². The summed E-state index contributed by atoms with van der Waals surface area (Å²) in [6, 6.07) is 12.6. The highest BCUT2D eigenvalue weighted by Crippen LogP contribution is 2.38. The quantitative estimate of drug-likeness (QED) is 0.776. The summed E-state index contributed by atoms with van der Waals surface area (Å²) in [6.45, 7) is 4.49. The van der Waals surface area contributed by atoms with Crippen molar-refractivity contribution in [1.29, 1.82) is 5.39 Å². The Morgan fingerprint density at radius 3 is 2.38 bits per heavy atom. The molecule has 2 aromatic carbocycles. The van der Waals surface area contributed by atoms with Crippen molar-refractivity contribution in [2.24, 2.45) is 0 Å². The van der Waals surface area contributed by atoms with Crippen molar-refractivity contribution in [1.82, 2.24) is 0 Å². The molecule has 0 aromatic heterocycles. The number of carbonyl (C=O) groups excluding carboxylic acids is 1. The van der Waals surface area contributed by atoms with Gasteiger partial charge in [-0.2, -0.15) is 0 Å². The van der Waals surface area contributed by atoms with Crippen molar-refractivity contribution in [2.75, 3.05) is 18.5 Å². The third kappa shape index (κ3) is 4.46. The smallest absolute Gasteiger partial charge is 0.430 e. The Labute approximate surface area is 141 Å². The Balaban J connectivity index is 2.25. The summed E-state index contributed by atoms with van der Waals surface area (Å²) in [5.41, 5.74) is 1.65. The van der Waals surface area contributed by atoms with Crippen LogP contribution >= 0.6 is 0 Å². The minimum absolute atomic E-state index is 0.168. The predicted octanol–water partition coefficient (Wildman–Crippen LogP) is 4.15. The maximum absolute atomic E-state index is 12.3. The van der Waals surface area contributed by atoms with Crippen LogP contribution in [0.3, 0.4) is 0 Å². The molecule has 0 fully saturated rings. The Kier molecular flexibility index (Phi) is 6.15. The summed E-state index contributed by atoms with van der Waals surface area (Å²) in [7, 11) is 0. The lowest BCUT2D eigenvalue weighted by Crippen LogP contribution is -2.15. The highest BCUT2D eigenvalue weighted by atomic mass is 16.5. The van der Waals surface area contributed by atoms with E-state index in [9.17, 15) is 4.79 Å². The first kappa shape index (κ1) is 17.3. The zero-order valence-corrected chi connectivity index (χ0v) is 13.8. The van der Waals surface area contributed by atoms with Crippen LogP contribution < -0.4 is 14.8 Å². The summed E-state index contributed by atoms with van der Waals surface area (Å²) in [4.78, 5) is 15.5. The molecule has 0 unspecified atom stereocenters. The van der Waals surface area contributed by atoms with E-state index in [2.05, 4.69) is 10.3 Å². The first-order chi connectivity index (χ1) is 11.7.